The van der Waals surface area contributed by atoms with Gasteiger partial charge in [0.1, 0.15) is 5.01 Å². The number of amides is 1. The average molecular weight is 484 g/mol. The predicted molar refractivity (Wildman–Crippen MR) is 116 cm³/mol. The first-order valence-corrected chi connectivity index (χ1v) is 10.4. The molecule has 1 amide bonds. The summed E-state index contributed by atoms with van der Waals surface area (Å²) < 4.78 is 1.90. The van der Waals surface area contributed by atoms with Gasteiger partial charge >= 0.3 is 0 Å². The van der Waals surface area contributed by atoms with Gasteiger partial charge < -0.3 is 10.4 Å². The van der Waals surface area contributed by atoms with E-state index in [1.54, 1.807) is 30.5 Å². The predicted octanol–water partition coefficient (Wildman–Crippen LogP) is 3.15. The first-order chi connectivity index (χ1) is 14.5. The van der Waals surface area contributed by atoms with Crippen LogP contribution in [0.1, 0.15) is 16.2 Å². The zero-order valence-electron chi connectivity index (χ0n) is 15.3. The Labute approximate surface area is 183 Å². The van der Waals surface area contributed by atoms with Crippen molar-refractivity contribution in [2.24, 2.45) is 0 Å². The number of pyridine rings is 1. The number of aromatic hydroxyl groups is 1. The van der Waals surface area contributed by atoms with Crippen LogP contribution in [0.15, 0.2) is 69.4 Å². The van der Waals surface area contributed by atoms with Crippen molar-refractivity contribution in [2.45, 2.75) is 6.54 Å². The van der Waals surface area contributed by atoms with Crippen LogP contribution in [0, 0.1) is 0 Å². The standard InChI is InChI=1S/C20H14BrN5O3S/c21-12-4-6-14(7-5-12)26-17(28)9-16(27)18(25-26)19(29)23-10-13-11-30-20(24-13)15-3-1-2-8-22-15/h1-9,11,27H,10H2,(H,23,29). The number of hydrogen-bond acceptors (Lipinski definition) is 7. The second-order valence-electron chi connectivity index (χ2n) is 6.15. The van der Waals surface area contributed by atoms with E-state index in [0.717, 1.165) is 25.9 Å². The lowest BCUT2D eigenvalue weighted by Gasteiger charge is -2.09. The number of carbonyl (C=O) groups is 1. The lowest BCUT2D eigenvalue weighted by Crippen LogP contribution is -2.29. The van der Waals surface area contributed by atoms with Crippen molar-refractivity contribution < 1.29 is 9.90 Å². The Morgan fingerprint density at radius 1 is 1.20 bits per heavy atom. The maximum Gasteiger partial charge on any atom is 0.275 e. The monoisotopic (exact) mass is 483 g/mol. The Bertz CT molecular complexity index is 1260. The van der Waals surface area contributed by atoms with Gasteiger partial charge in [0.2, 0.25) is 0 Å². The molecule has 4 rings (SSSR count). The average Bonchev–Trinajstić information content (AvgIpc) is 3.23. The van der Waals surface area contributed by atoms with E-state index in [1.807, 2.05) is 23.6 Å². The van der Waals surface area contributed by atoms with E-state index < -0.39 is 17.2 Å². The molecular formula is C20H14BrN5O3S. The van der Waals surface area contributed by atoms with Crippen LogP contribution in [0.5, 0.6) is 5.75 Å². The molecule has 0 aliphatic carbocycles. The van der Waals surface area contributed by atoms with Crippen LogP contribution in [0.2, 0.25) is 0 Å². The number of nitrogens with zero attached hydrogens (tertiary/aromatic N) is 4. The SMILES string of the molecule is O=C(NCc1csc(-c2ccccn2)n1)c1nn(-c2ccc(Br)cc2)c(=O)cc1O. The van der Waals surface area contributed by atoms with Gasteiger partial charge in [0.25, 0.3) is 11.5 Å². The van der Waals surface area contributed by atoms with E-state index >= 15 is 0 Å². The first-order valence-electron chi connectivity index (χ1n) is 8.74. The van der Waals surface area contributed by atoms with Crippen LogP contribution in [0.25, 0.3) is 16.4 Å². The molecule has 150 valence electrons. The summed E-state index contributed by atoms with van der Waals surface area (Å²) in [5.74, 6) is -1.11. The number of thiazole rings is 1. The van der Waals surface area contributed by atoms with Crippen LogP contribution in [-0.4, -0.2) is 30.8 Å². The highest BCUT2D eigenvalue weighted by atomic mass is 79.9. The Morgan fingerprint density at radius 3 is 2.73 bits per heavy atom. The molecule has 3 heterocycles. The Balaban J connectivity index is 1.52. The Kier molecular flexibility index (Phi) is 5.68. The molecule has 3 aromatic heterocycles. The van der Waals surface area contributed by atoms with Crippen LogP contribution in [0.4, 0.5) is 0 Å². The maximum absolute atomic E-state index is 12.6. The summed E-state index contributed by atoms with van der Waals surface area (Å²) in [5.41, 5.74) is 1.07. The molecule has 10 heteroatoms. The van der Waals surface area contributed by atoms with E-state index in [4.69, 9.17) is 0 Å². The lowest BCUT2D eigenvalue weighted by atomic mass is 10.3. The van der Waals surface area contributed by atoms with Crippen LogP contribution in [-0.2, 0) is 6.54 Å². The molecule has 0 saturated carbocycles. The number of benzene rings is 1. The van der Waals surface area contributed by atoms with Crippen molar-refractivity contribution in [3.05, 3.63) is 86.3 Å². The summed E-state index contributed by atoms with van der Waals surface area (Å²) in [6.45, 7) is 0.140. The summed E-state index contributed by atoms with van der Waals surface area (Å²) in [4.78, 5) is 33.5. The van der Waals surface area contributed by atoms with E-state index in [0.29, 0.717) is 11.4 Å². The molecule has 0 radical (unpaired) electrons. The van der Waals surface area contributed by atoms with Crippen molar-refractivity contribution >= 4 is 33.2 Å². The van der Waals surface area contributed by atoms with Crippen molar-refractivity contribution in [1.29, 1.82) is 0 Å². The zero-order valence-corrected chi connectivity index (χ0v) is 17.7. The first kappa shape index (κ1) is 19.9. The highest BCUT2D eigenvalue weighted by Gasteiger charge is 2.17. The minimum atomic E-state index is -0.620. The molecule has 8 nitrogen and oxygen atoms in total. The Hall–Kier alpha value is -3.37. The fraction of sp³-hybridized carbons (Fsp3) is 0.0500. The third-order valence-corrected chi connectivity index (χ3v) is 5.51. The van der Waals surface area contributed by atoms with Gasteiger partial charge in [-0.25, -0.2) is 4.98 Å². The summed E-state index contributed by atoms with van der Waals surface area (Å²) >= 11 is 4.74. The third kappa shape index (κ3) is 4.29. The number of aromatic nitrogens is 4. The molecule has 0 aliphatic heterocycles. The highest BCUT2D eigenvalue weighted by molar-refractivity contribution is 9.10. The quantitative estimate of drug-likeness (QED) is 0.451. The number of carbonyl (C=O) groups excluding carboxylic acids is 1. The van der Waals surface area contributed by atoms with Crippen LogP contribution >= 0.6 is 27.3 Å². The van der Waals surface area contributed by atoms with E-state index in [-0.39, 0.29) is 12.2 Å². The molecule has 0 spiro atoms. The second kappa shape index (κ2) is 8.56. The van der Waals surface area contributed by atoms with Gasteiger partial charge in [0.15, 0.2) is 11.4 Å². The normalized spacial score (nSPS) is 10.7. The third-order valence-electron chi connectivity index (χ3n) is 4.06. The van der Waals surface area contributed by atoms with Gasteiger partial charge in [0.05, 0.1) is 23.6 Å². The number of nitrogens with one attached hydrogen (secondary N) is 1. The molecule has 0 bridgehead atoms. The molecule has 0 fully saturated rings. The highest BCUT2D eigenvalue weighted by Crippen LogP contribution is 2.21. The summed E-state index contributed by atoms with van der Waals surface area (Å²) in [5, 5.41) is 19.3. The topological polar surface area (TPSA) is 110 Å². The van der Waals surface area contributed by atoms with Gasteiger partial charge in [-0.15, -0.1) is 11.3 Å². The van der Waals surface area contributed by atoms with Gasteiger partial charge in [-0.1, -0.05) is 22.0 Å². The minimum absolute atomic E-state index is 0.140. The Morgan fingerprint density at radius 2 is 2.00 bits per heavy atom. The number of halogens is 1. The summed E-state index contributed by atoms with van der Waals surface area (Å²) in [7, 11) is 0. The van der Waals surface area contributed by atoms with E-state index in [9.17, 15) is 14.7 Å². The van der Waals surface area contributed by atoms with Crippen LogP contribution < -0.4 is 10.9 Å². The smallest absolute Gasteiger partial charge is 0.275 e. The fourth-order valence-electron chi connectivity index (χ4n) is 2.63. The molecule has 30 heavy (non-hydrogen) atoms. The number of hydrogen-bond donors (Lipinski definition) is 2. The molecule has 0 saturated heterocycles. The maximum atomic E-state index is 12.6. The van der Waals surface area contributed by atoms with Crippen molar-refractivity contribution in [3.8, 4) is 22.1 Å². The van der Waals surface area contributed by atoms with Gasteiger partial charge in [0, 0.05) is 22.1 Å². The second-order valence-corrected chi connectivity index (χ2v) is 7.92. The molecular weight excluding hydrogens is 470 g/mol. The molecule has 1 aromatic carbocycles. The summed E-state index contributed by atoms with van der Waals surface area (Å²) in [6.07, 6.45) is 1.69. The van der Waals surface area contributed by atoms with E-state index in [1.165, 1.54) is 11.3 Å². The minimum Gasteiger partial charge on any atom is -0.505 e. The fourth-order valence-corrected chi connectivity index (χ4v) is 3.69. The van der Waals surface area contributed by atoms with Crippen molar-refractivity contribution in [3.63, 3.8) is 0 Å². The van der Waals surface area contributed by atoms with Gasteiger partial charge in [-0.05, 0) is 36.4 Å². The largest absolute Gasteiger partial charge is 0.505 e. The molecule has 4 aromatic rings. The van der Waals surface area contributed by atoms with Gasteiger partial charge in [-0.2, -0.15) is 9.78 Å². The van der Waals surface area contributed by atoms with Crippen molar-refractivity contribution in [1.82, 2.24) is 25.1 Å². The molecule has 0 aliphatic rings. The van der Waals surface area contributed by atoms with Crippen LogP contribution in [0.3, 0.4) is 0 Å². The molecule has 0 atom stereocenters. The number of rotatable bonds is 5. The zero-order chi connectivity index (χ0) is 21.1. The molecule has 0 unspecified atom stereocenters. The summed E-state index contributed by atoms with van der Waals surface area (Å²) in [6, 6.07) is 13.4. The van der Waals surface area contributed by atoms with Gasteiger partial charge in [-0.3, -0.25) is 14.6 Å². The molecule has 2 N–H and O–H groups in total. The lowest BCUT2D eigenvalue weighted by molar-refractivity contribution is 0.0940. The van der Waals surface area contributed by atoms with E-state index in [2.05, 4.69) is 36.3 Å². The van der Waals surface area contributed by atoms with Crippen molar-refractivity contribution in [2.75, 3.05) is 0 Å².